The molecule has 3 aliphatic carbocycles. The molecule has 2 saturated carbocycles. The van der Waals surface area contributed by atoms with Gasteiger partial charge in [-0.25, -0.2) is 4.79 Å². The Morgan fingerprint density at radius 2 is 1.48 bits per heavy atom. The van der Waals surface area contributed by atoms with Gasteiger partial charge in [0.1, 0.15) is 29.7 Å². The summed E-state index contributed by atoms with van der Waals surface area (Å²) in [4.78, 5) is 69.8. The first-order valence-corrected chi connectivity index (χ1v) is 19.8. The van der Waals surface area contributed by atoms with E-state index in [-0.39, 0.29) is 37.3 Å². The first-order chi connectivity index (χ1) is 27.5. The number of nitrogens with one attached hydrogen (secondary N) is 1. The zero-order chi connectivity index (χ0) is 41.8. The highest BCUT2D eigenvalue weighted by Gasteiger charge is 2.77. The Labute approximate surface area is 337 Å². The van der Waals surface area contributed by atoms with E-state index in [1.165, 1.54) is 6.92 Å². The number of fused-ring (bicyclic) bond motifs is 5. The molecule has 2 bridgehead atoms. The topological polar surface area (TPSA) is 175 Å². The van der Waals surface area contributed by atoms with E-state index in [2.05, 4.69) is 5.32 Å². The zero-order valence-electron chi connectivity index (χ0n) is 33.6. The van der Waals surface area contributed by atoms with E-state index in [1.807, 2.05) is 6.07 Å². The molecule has 3 N–H and O–H groups in total. The van der Waals surface area contributed by atoms with Crippen LogP contribution >= 0.6 is 0 Å². The minimum atomic E-state index is -2.09. The third kappa shape index (κ3) is 6.64. The van der Waals surface area contributed by atoms with Gasteiger partial charge in [0.25, 0.3) is 5.91 Å². The molecule has 1 saturated heterocycles. The van der Waals surface area contributed by atoms with Crippen LogP contribution in [-0.4, -0.2) is 82.0 Å². The monoisotopic (exact) mass is 793 g/mol. The van der Waals surface area contributed by atoms with E-state index < -0.39 is 88.0 Å². The van der Waals surface area contributed by atoms with Crippen molar-refractivity contribution in [2.24, 2.45) is 22.7 Å². The second-order valence-electron chi connectivity index (χ2n) is 17.0. The van der Waals surface area contributed by atoms with E-state index >= 15 is 4.79 Å². The second kappa shape index (κ2) is 15.2. The molecule has 306 valence electrons. The number of hydrogen-bond acceptors (Lipinski definition) is 11. The lowest BCUT2D eigenvalue weighted by molar-refractivity contribution is -0.345. The lowest BCUT2D eigenvalue weighted by Gasteiger charge is -2.67. The summed E-state index contributed by atoms with van der Waals surface area (Å²) in [6.45, 7) is 9.62. The van der Waals surface area contributed by atoms with Crippen LogP contribution in [-0.2, 0) is 33.3 Å². The van der Waals surface area contributed by atoms with Gasteiger partial charge in [-0.2, -0.15) is 0 Å². The molecular weight excluding hydrogens is 743 g/mol. The van der Waals surface area contributed by atoms with Crippen LogP contribution in [0.1, 0.15) is 93.1 Å². The molecule has 12 nitrogen and oxygen atoms in total. The molecular formula is C46H51NO11. The summed E-state index contributed by atoms with van der Waals surface area (Å²) >= 11 is 0. The number of ketones is 1. The number of hydrogen-bond donors (Lipinski definition) is 3. The van der Waals surface area contributed by atoms with Crippen LogP contribution in [0.15, 0.2) is 102 Å². The molecule has 1 aliphatic heterocycles. The number of aliphatic hydroxyl groups excluding tert-OH is 1. The Balaban J connectivity index is 1.32. The molecule has 0 aromatic heterocycles. The van der Waals surface area contributed by atoms with Gasteiger partial charge in [-0.15, -0.1) is 0 Å². The number of Topliss-reactive ketones (excluding diaryl/α,β-unsaturated/α-hetero) is 1. The molecule has 1 amide bonds. The molecule has 3 aromatic rings. The third-order valence-corrected chi connectivity index (χ3v) is 13.4. The molecule has 3 fully saturated rings. The summed E-state index contributed by atoms with van der Waals surface area (Å²) in [6, 6.07) is 25.0. The van der Waals surface area contributed by atoms with Crippen LogP contribution in [0, 0.1) is 22.7 Å². The predicted molar refractivity (Wildman–Crippen MR) is 210 cm³/mol. The smallest absolute Gasteiger partial charge is 0.338 e. The molecule has 12 heteroatoms. The summed E-state index contributed by atoms with van der Waals surface area (Å²) < 4.78 is 24.7. The van der Waals surface area contributed by atoms with Gasteiger partial charge in [0.15, 0.2) is 5.60 Å². The summed E-state index contributed by atoms with van der Waals surface area (Å²) in [5, 5.41) is 28.5. The predicted octanol–water partition coefficient (Wildman–Crippen LogP) is 5.47. The van der Waals surface area contributed by atoms with Crippen LogP contribution in [0.25, 0.3) is 0 Å². The average Bonchev–Trinajstić information content (AvgIpc) is 3.19. The molecule has 7 rings (SSSR count). The highest BCUT2D eigenvalue weighted by molar-refractivity contribution is 5.95. The van der Waals surface area contributed by atoms with Gasteiger partial charge >= 0.3 is 17.9 Å². The molecule has 0 radical (unpaired) electrons. The van der Waals surface area contributed by atoms with Crippen molar-refractivity contribution in [3.8, 4) is 0 Å². The Bertz CT molecular complexity index is 2120. The van der Waals surface area contributed by atoms with Crippen molar-refractivity contribution in [3.63, 3.8) is 0 Å². The normalized spacial score (nSPS) is 32.8. The maximum Gasteiger partial charge on any atom is 0.338 e. The van der Waals surface area contributed by atoms with E-state index in [0.717, 1.165) is 0 Å². The van der Waals surface area contributed by atoms with E-state index in [0.29, 0.717) is 22.3 Å². The van der Waals surface area contributed by atoms with Crippen LogP contribution in [0.3, 0.4) is 0 Å². The van der Waals surface area contributed by atoms with Gasteiger partial charge in [0.05, 0.1) is 42.1 Å². The summed E-state index contributed by atoms with van der Waals surface area (Å²) in [5.41, 5.74) is -4.43. The van der Waals surface area contributed by atoms with Crippen molar-refractivity contribution >= 4 is 29.6 Å². The number of ether oxygens (including phenoxy) is 4. The average molecular weight is 794 g/mol. The van der Waals surface area contributed by atoms with Crippen molar-refractivity contribution in [3.05, 3.63) is 119 Å². The number of carbonyl (C=O) groups excluding carboxylic acids is 5. The van der Waals surface area contributed by atoms with Crippen molar-refractivity contribution in [1.82, 2.24) is 5.32 Å². The molecule has 58 heavy (non-hydrogen) atoms. The minimum Gasteiger partial charge on any atom is -0.458 e. The van der Waals surface area contributed by atoms with Gasteiger partial charge in [0.2, 0.25) is 0 Å². The van der Waals surface area contributed by atoms with Crippen molar-refractivity contribution in [2.75, 3.05) is 6.61 Å². The SMILES string of the molecule is CC(=O)O[C@]12CO[C@@H]1C[C@H](O)[C@@]1(C)C(=O)[C@H](C)C3=C(C)[C@H](OC(=O)C[C@@H](NC(=O)c4ccccc4)c4ccccc4)C[C@@](O)([C@H](OC(=O)c4ccccc4)[C@@H]21)C3(C)C. The number of aliphatic hydroxyl groups is 2. The molecule has 4 aliphatic rings. The van der Waals surface area contributed by atoms with Gasteiger partial charge in [-0.1, -0.05) is 87.5 Å². The fourth-order valence-electron chi connectivity index (χ4n) is 10.4. The summed E-state index contributed by atoms with van der Waals surface area (Å²) in [6.07, 6.45) is -5.53. The van der Waals surface area contributed by atoms with Gasteiger partial charge < -0.3 is 34.5 Å². The molecule has 0 spiro atoms. The Hall–Kier alpha value is -5.17. The molecule has 3 aromatic carbocycles. The number of amides is 1. The Kier molecular flexibility index (Phi) is 10.8. The van der Waals surface area contributed by atoms with Gasteiger partial charge in [0, 0.05) is 36.7 Å². The first-order valence-electron chi connectivity index (χ1n) is 19.8. The van der Waals surface area contributed by atoms with Gasteiger partial charge in [-0.05, 0) is 54.8 Å². The van der Waals surface area contributed by atoms with Crippen LogP contribution in [0.5, 0.6) is 0 Å². The Morgan fingerprint density at radius 1 is 0.897 bits per heavy atom. The molecule has 10 atom stereocenters. The maximum atomic E-state index is 15.2. The number of carbonyl (C=O) groups is 5. The van der Waals surface area contributed by atoms with Gasteiger partial charge in [-0.3, -0.25) is 19.2 Å². The highest BCUT2D eigenvalue weighted by atomic mass is 16.6. The lowest BCUT2D eigenvalue weighted by Crippen LogP contribution is -2.81. The standard InChI is InChI=1S/C46H51NO11/c1-26-33(56-36(50)22-32(29-16-10-7-11-17-29)47-41(52)30-18-12-8-13-19-30)24-46(54)40(57-42(53)31-20-14-9-15-21-31)38-44(6,39(51)27(2)37(26)43(46,4)5)34(49)23-35-45(38,25-55-35)58-28(3)48/h7-21,27,32-35,38,40,49,54H,22-25H2,1-6H3,(H,47,52)/t27-,32-,33-,34+,35-,38-,40-,44-,45-,46-/m1/s1. The van der Waals surface area contributed by atoms with E-state index in [1.54, 1.807) is 120 Å². The maximum absolute atomic E-state index is 15.2. The van der Waals surface area contributed by atoms with Crippen LogP contribution in [0.4, 0.5) is 0 Å². The summed E-state index contributed by atoms with van der Waals surface area (Å²) in [7, 11) is 0. The Morgan fingerprint density at radius 3 is 2.05 bits per heavy atom. The fraction of sp³-hybridized carbons (Fsp3) is 0.457. The van der Waals surface area contributed by atoms with E-state index in [9.17, 15) is 29.4 Å². The summed E-state index contributed by atoms with van der Waals surface area (Å²) in [5.74, 6) is -5.21. The van der Waals surface area contributed by atoms with Crippen LogP contribution < -0.4 is 5.32 Å². The van der Waals surface area contributed by atoms with Crippen molar-refractivity contribution in [1.29, 1.82) is 0 Å². The quantitative estimate of drug-likeness (QED) is 0.142. The third-order valence-electron chi connectivity index (χ3n) is 13.4. The second-order valence-corrected chi connectivity index (χ2v) is 17.0. The van der Waals surface area contributed by atoms with Crippen molar-refractivity contribution < 1.29 is 53.1 Å². The fourth-order valence-corrected chi connectivity index (χ4v) is 10.4. The highest BCUT2D eigenvalue weighted by Crippen LogP contribution is 2.65. The number of benzene rings is 3. The first kappa shape index (κ1) is 41.0. The minimum absolute atomic E-state index is 0.0401. The number of esters is 3. The number of rotatable bonds is 9. The zero-order valence-corrected chi connectivity index (χ0v) is 33.6. The van der Waals surface area contributed by atoms with Crippen LogP contribution in [0.2, 0.25) is 0 Å². The van der Waals surface area contributed by atoms with E-state index in [4.69, 9.17) is 18.9 Å². The lowest BCUT2D eigenvalue weighted by atomic mass is 9.43. The molecule has 1 heterocycles. The van der Waals surface area contributed by atoms with Crippen molar-refractivity contribution in [2.45, 2.75) is 102 Å². The molecule has 0 unspecified atom stereocenters. The largest absolute Gasteiger partial charge is 0.458 e.